The molecule has 0 radical (unpaired) electrons. The Bertz CT molecular complexity index is 282. The normalized spacial score (nSPS) is 17.8. The van der Waals surface area contributed by atoms with E-state index in [0.717, 1.165) is 12.1 Å². The van der Waals surface area contributed by atoms with Gasteiger partial charge in [0.25, 0.3) is 0 Å². The SMILES string of the molecule is CC(C)(C)C1=NC=C(C(=O)O)CC1. The van der Waals surface area contributed by atoms with Gasteiger partial charge in [0.05, 0.1) is 5.57 Å². The number of carboxylic acid groups (broad SMARTS) is 1. The molecule has 0 spiro atoms. The average molecular weight is 181 g/mol. The quantitative estimate of drug-likeness (QED) is 0.674. The Hall–Kier alpha value is -1.12. The van der Waals surface area contributed by atoms with Gasteiger partial charge in [0.2, 0.25) is 0 Å². The van der Waals surface area contributed by atoms with Crippen LogP contribution in [0, 0.1) is 5.41 Å². The van der Waals surface area contributed by atoms with Crippen LogP contribution in [-0.2, 0) is 4.79 Å². The van der Waals surface area contributed by atoms with Crippen molar-refractivity contribution < 1.29 is 9.90 Å². The first-order chi connectivity index (χ1) is 5.91. The molecule has 0 amide bonds. The van der Waals surface area contributed by atoms with Crippen molar-refractivity contribution in [2.45, 2.75) is 33.6 Å². The lowest BCUT2D eigenvalue weighted by molar-refractivity contribution is -0.132. The highest BCUT2D eigenvalue weighted by Gasteiger charge is 2.22. The van der Waals surface area contributed by atoms with Crippen molar-refractivity contribution in [1.29, 1.82) is 0 Å². The van der Waals surface area contributed by atoms with Gasteiger partial charge in [-0.3, -0.25) is 4.99 Å². The maximum absolute atomic E-state index is 10.6. The number of aliphatic imine (C=N–C) groups is 1. The number of rotatable bonds is 1. The van der Waals surface area contributed by atoms with Gasteiger partial charge < -0.3 is 5.11 Å². The molecule has 0 aromatic heterocycles. The van der Waals surface area contributed by atoms with Crippen LogP contribution in [0.3, 0.4) is 0 Å². The van der Waals surface area contributed by atoms with Gasteiger partial charge in [-0.15, -0.1) is 0 Å². The van der Waals surface area contributed by atoms with E-state index < -0.39 is 5.97 Å². The maximum Gasteiger partial charge on any atom is 0.333 e. The van der Waals surface area contributed by atoms with Crippen LogP contribution in [0.15, 0.2) is 16.8 Å². The zero-order chi connectivity index (χ0) is 10.1. The number of aliphatic carboxylic acids is 1. The van der Waals surface area contributed by atoms with Gasteiger partial charge in [-0.05, 0) is 12.8 Å². The molecule has 1 aliphatic heterocycles. The third-order valence-corrected chi connectivity index (χ3v) is 2.15. The fraction of sp³-hybridized carbons (Fsp3) is 0.600. The third-order valence-electron chi connectivity index (χ3n) is 2.15. The molecule has 13 heavy (non-hydrogen) atoms. The smallest absolute Gasteiger partial charge is 0.333 e. The van der Waals surface area contributed by atoms with E-state index in [2.05, 4.69) is 25.8 Å². The molecule has 1 aliphatic rings. The molecule has 1 heterocycles. The molecular weight excluding hydrogens is 166 g/mol. The van der Waals surface area contributed by atoms with Crippen LogP contribution in [0.2, 0.25) is 0 Å². The highest BCUT2D eigenvalue weighted by atomic mass is 16.4. The Balaban J connectivity index is 2.82. The van der Waals surface area contributed by atoms with Gasteiger partial charge in [0, 0.05) is 17.3 Å². The monoisotopic (exact) mass is 181 g/mol. The van der Waals surface area contributed by atoms with E-state index >= 15 is 0 Å². The van der Waals surface area contributed by atoms with E-state index in [4.69, 9.17) is 5.11 Å². The zero-order valence-electron chi connectivity index (χ0n) is 8.29. The second-order valence-corrected chi connectivity index (χ2v) is 4.29. The molecule has 0 unspecified atom stereocenters. The van der Waals surface area contributed by atoms with Gasteiger partial charge >= 0.3 is 5.97 Å². The molecule has 0 saturated heterocycles. The topological polar surface area (TPSA) is 49.7 Å². The van der Waals surface area contributed by atoms with Crippen LogP contribution in [0.5, 0.6) is 0 Å². The predicted octanol–water partition coefficient (Wildman–Crippen LogP) is 2.24. The van der Waals surface area contributed by atoms with E-state index in [-0.39, 0.29) is 5.41 Å². The summed E-state index contributed by atoms with van der Waals surface area (Å²) in [5.74, 6) is -0.850. The van der Waals surface area contributed by atoms with Gasteiger partial charge in [-0.2, -0.15) is 0 Å². The number of nitrogens with zero attached hydrogens (tertiary/aromatic N) is 1. The van der Waals surface area contributed by atoms with Crippen LogP contribution in [-0.4, -0.2) is 16.8 Å². The van der Waals surface area contributed by atoms with E-state index in [0.29, 0.717) is 12.0 Å². The molecule has 0 aromatic rings. The molecule has 0 saturated carbocycles. The summed E-state index contributed by atoms with van der Waals surface area (Å²) in [4.78, 5) is 14.8. The van der Waals surface area contributed by atoms with Crippen LogP contribution >= 0.6 is 0 Å². The molecule has 0 aromatic carbocycles. The molecule has 3 nitrogen and oxygen atoms in total. The molecule has 72 valence electrons. The lowest BCUT2D eigenvalue weighted by Crippen LogP contribution is -2.22. The summed E-state index contributed by atoms with van der Waals surface area (Å²) in [6.07, 6.45) is 2.85. The van der Waals surface area contributed by atoms with Gasteiger partial charge in [0.15, 0.2) is 0 Å². The molecule has 0 atom stereocenters. The third kappa shape index (κ3) is 2.41. The minimum absolute atomic E-state index is 0.0561. The molecule has 3 heteroatoms. The van der Waals surface area contributed by atoms with E-state index in [9.17, 15) is 4.79 Å². The fourth-order valence-corrected chi connectivity index (χ4v) is 1.27. The van der Waals surface area contributed by atoms with E-state index in [1.54, 1.807) is 0 Å². The summed E-state index contributed by atoms with van der Waals surface area (Å²) in [6, 6.07) is 0. The Kier molecular flexibility index (Phi) is 2.55. The Labute approximate surface area is 78.2 Å². The fourth-order valence-electron chi connectivity index (χ4n) is 1.27. The van der Waals surface area contributed by atoms with Crippen molar-refractivity contribution >= 4 is 11.7 Å². The van der Waals surface area contributed by atoms with Crippen LogP contribution in [0.25, 0.3) is 0 Å². The number of carboxylic acids is 1. The summed E-state index contributed by atoms with van der Waals surface area (Å²) in [6.45, 7) is 6.27. The first-order valence-electron chi connectivity index (χ1n) is 4.41. The molecule has 1 N–H and O–H groups in total. The summed E-state index contributed by atoms with van der Waals surface area (Å²) in [7, 11) is 0. The number of hydrogen-bond acceptors (Lipinski definition) is 2. The second-order valence-electron chi connectivity index (χ2n) is 4.29. The minimum Gasteiger partial charge on any atom is -0.478 e. The van der Waals surface area contributed by atoms with E-state index in [1.165, 1.54) is 6.20 Å². The Morgan fingerprint density at radius 3 is 2.38 bits per heavy atom. The lowest BCUT2D eigenvalue weighted by Gasteiger charge is -2.23. The molecule has 0 bridgehead atoms. The van der Waals surface area contributed by atoms with Gasteiger partial charge in [0.1, 0.15) is 0 Å². The zero-order valence-corrected chi connectivity index (χ0v) is 8.29. The Morgan fingerprint density at radius 2 is 2.08 bits per heavy atom. The first-order valence-corrected chi connectivity index (χ1v) is 4.41. The van der Waals surface area contributed by atoms with Crippen molar-refractivity contribution in [3.63, 3.8) is 0 Å². The van der Waals surface area contributed by atoms with Crippen LogP contribution in [0.1, 0.15) is 33.6 Å². The highest BCUT2D eigenvalue weighted by molar-refractivity contribution is 5.94. The summed E-state index contributed by atoms with van der Waals surface area (Å²) >= 11 is 0. The summed E-state index contributed by atoms with van der Waals surface area (Å²) in [5, 5.41) is 8.69. The molecule has 1 rings (SSSR count). The average Bonchev–Trinajstić information content (AvgIpc) is 2.03. The Morgan fingerprint density at radius 1 is 1.46 bits per heavy atom. The molecular formula is C10H15NO2. The summed E-state index contributed by atoms with van der Waals surface area (Å²) in [5.41, 5.74) is 1.55. The largest absolute Gasteiger partial charge is 0.478 e. The van der Waals surface area contributed by atoms with Gasteiger partial charge in [-0.1, -0.05) is 20.8 Å². The highest BCUT2D eigenvalue weighted by Crippen LogP contribution is 2.24. The van der Waals surface area contributed by atoms with Gasteiger partial charge in [-0.25, -0.2) is 4.79 Å². The van der Waals surface area contributed by atoms with Crippen LogP contribution in [0.4, 0.5) is 0 Å². The molecule has 0 aliphatic carbocycles. The van der Waals surface area contributed by atoms with Crippen molar-refractivity contribution in [3.05, 3.63) is 11.8 Å². The van der Waals surface area contributed by atoms with Crippen molar-refractivity contribution in [1.82, 2.24) is 0 Å². The number of hydrogen-bond donors (Lipinski definition) is 1. The standard InChI is InChI=1S/C10H15NO2/c1-10(2,3)8-5-4-7(6-11-8)9(12)13/h6H,4-5H2,1-3H3,(H,12,13). The van der Waals surface area contributed by atoms with Crippen molar-refractivity contribution in [2.75, 3.05) is 0 Å². The van der Waals surface area contributed by atoms with Crippen molar-refractivity contribution in [2.24, 2.45) is 10.4 Å². The predicted molar refractivity (Wildman–Crippen MR) is 51.8 cm³/mol. The molecule has 0 fully saturated rings. The lowest BCUT2D eigenvalue weighted by atomic mass is 9.85. The number of carbonyl (C=O) groups is 1. The van der Waals surface area contributed by atoms with Crippen molar-refractivity contribution in [3.8, 4) is 0 Å². The summed E-state index contributed by atoms with van der Waals surface area (Å²) < 4.78 is 0. The maximum atomic E-state index is 10.6. The van der Waals surface area contributed by atoms with E-state index in [1.807, 2.05) is 0 Å². The second kappa shape index (κ2) is 3.32. The minimum atomic E-state index is -0.850. The van der Waals surface area contributed by atoms with Crippen LogP contribution < -0.4 is 0 Å². The first kappa shape index (κ1) is 9.96.